The van der Waals surface area contributed by atoms with Crippen LogP contribution in [0.15, 0.2) is 12.1 Å². The van der Waals surface area contributed by atoms with E-state index in [0.717, 1.165) is 25.0 Å². The fraction of sp³-hybridized carbons (Fsp3) is 0.300. The van der Waals surface area contributed by atoms with Crippen molar-refractivity contribution < 1.29 is 13.6 Å². The van der Waals surface area contributed by atoms with Crippen LogP contribution in [0.5, 0.6) is 0 Å². The molecule has 1 aromatic rings. The Bertz CT molecular complexity index is 399. The number of halogens is 3. The van der Waals surface area contributed by atoms with E-state index in [1.165, 1.54) is 0 Å². The highest BCUT2D eigenvalue weighted by molar-refractivity contribution is 6.31. The van der Waals surface area contributed by atoms with Crippen LogP contribution in [0.1, 0.15) is 23.2 Å². The number of benzene rings is 1. The van der Waals surface area contributed by atoms with Crippen LogP contribution in [0.3, 0.4) is 0 Å². The molecule has 0 aromatic heterocycles. The summed E-state index contributed by atoms with van der Waals surface area (Å²) < 4.78 is 26.1. The maximum absolute atomic E-state index is 13.3. The molecule has 0 N–H and O–H groups in total. The summed E-state index contributed by atoms with van der Waals surface area (Å²) in [6, 6.07) is 2.16. The summed E-state index contributed by atoms with van der Waals surface area (Å²) in [6.07, 6.45) is 1.57. The topological polar surface area (TPSA) is 17.1 Å². The van der Waals surface area contributed by atoms with Crippen molar-refractivity contribution in [1.82, 2.24) is 0 Å². The lowest BCUT2D eigenvalue weighted by Crippen LogP contribution is -2.05. The lowest BCUT2D eigenvalue weighted by Gasteiger charge is -2.03. The zero-order valence-electron chi connectivity index (χ0n) is 7.19. The Balaban J connectivity index is 2.43. The molecule has 0 amide bonds. The van der Waals surface area contributed by atoms with E-state index in [1.54, 1.807) is 0 Å². The normalized spacial score (nSPS) is 15.6. The van der Waals surface area contributed by atoms with Gasteiger partial charge in [0.2, 0.25) is 0 Å². The second kappa shape index (κ2) is 3.31. The van der Waals surface area contributed by atoms with Gasteiger partial charge in [-0.1, -0.05) is 11.6 Å². The van der Waals surface area contributed by atoms with Crippen LogP contribution in [0.25, 0.3) is 0 Å². The molecule has 74 valence electrons. The molecule has 0 spiro atoms. The van der Waals surface area contributed by atoms with E-state index >= 15 is 0 Å². The summed E-state index contributed by atoms with van der Waals surface area (Å²) in [7, 11) is 0. The Hall–Kier alpha value is -0.960. The third kappa shape index (κ3) is 1.52. The summed E-state index contributed by atoms with van der Waals surface area (Å²) in [5.41, 5.74) is -0.0982. The Morgan fingerprint density at radius 2 is 2.00 bits per heavy atom. The SMILES string of the molecule is O=C(c1ccc(F)c(Cl)c1F)C1CC1. The first-order valence-corrected chi connectivity index (χ1v) is 4.66. The van der Waals surface area contributed by atoms with Crippen molar-refractivity contribution in [3.63, 3.8) is 0 Å². The van der Waals surface area contributed by atoms with Gasteiger partial charge in [-0.15, -0.1) is 0 Å². The average molecular weight is 217 g/mol. The van der Waals surface area contributed by atoms with Gasteiger partial charge < -0.3 is 0 Å². The van der Waals surface area contributed by atoms with Crippen molar-refractivity contribution in [3.8, 4) is 0 Å². The third-order valence-corrected chi connectivity index (χ3v) is 2.60. The molecule has 1 nitrogen and oxygen atoms in total. The minimum atomic E-state index is -0.941. The number of rotatable bonds is 2. The smallest absolute Gasteiger partial charge is 0.168 e. The van der Waals surface area contributed by atoms with Gasteiger partial charge in [0.15, 0.2) is 11.6 Å². The molecule has 0 aliphatic heterocycles. The van der Waals surface area contributed by atoms with Crippen LogP contribution in [0.2, 0.25) is 5.02 Å². The van der Waals surface area contributed by atoms with Gasteiger partial charge in [0.1, 0.15) is 10.8 Å². The first-order valence-electron chi connectivity index (χ1n) is 4.29. The molecule has 0 unspecified atom stereocenters. The molecule has 1 fully saturated rings. The second-order valence-electron chi connectivity index (χ2n) is 3.36. The van der Waals surface area contributed by atoms with Gasteiger partial charge in [0.05, 0.1) is 5.56 Å². The van der Waals surface area contributed by atoms with Gasteiger partial charge in [-0.3, -0.25) is 4.79 Å². The van der Waals surface area contributed by atoms with Crippen LogP contribution in [0, 0.1) is 17.6 Å². The van der Waals surface area contributed by atoms with Crippen LogP contribution in [-0.4, -0.2) is 5.78 Å². The third-order valence-electron chi connectivity index (χ3n) is 2.25. The number of hydrogen-bond acceptors (Lipinski definition) is 1. The highest BCUT2D eigenvalue weighted by atomic mass is 35.5. The molecule has 14 heavy (non-hydrogen) atoms. The number of ketones is 1. The van der Waals surface area contributed by atoms with Crippen molar-refractivity contribution in [2.75, 3.05) is 0 Å². The maximum atomic E-state index is 13.3. The number of carbonyl (C=O) groups is 1. The summed E-state index contributed by atoms with van der Waals surface area (Å²) in [6.45, 7) is 0. The highest BCUT2D eigenvalue weighted by Crippen LogP contribution is 2.34. The molecule has 0 bridgehead atoms. The largest absolute Gasteiger partial charge is 0.294 e. The molecular weight excluding hydrogens is 210 g/mol. The molecular formula is C10H7ClF2O. The fourth-order valence-electron chi connectivity index (χ4n) is 1.28. The zero-order chi connectivity index (χ0) is 10.3. The van der Waals surface area contributed by atoms with Gasteiger partial charge in [-0.2, -0.15) is 0 Å². The lowest BCUT2D eigenvalue weighted by molar-refractivity contribution is 0.0963. The molecule has 0 atom stereocenters. The monoisotopic (exact) mass is 216 g/mol. The van der Waals surface area contributed by atoms with E-state index in [0.29, 0.717) is 0 Å². The van der Waals surface area contributed by atoms with E-state index in [-0.39, 0.29) is 17.3 Å². The van der Waals surface area contributed by atoms with Gasteiger partial charge in [0.25, 0.3) is 0 Å². The minimum absolute atomic E-state index is 0.0916. The first-order chi connectivity index (χ1) is 6.61. The zero-order valence-corrected chi connectivity index (χ0v) is 7.94. The van der Waals surface area contributed by atoms with Crippen LogP contribution >= 0.6 is 11.6 Å². The summed E-state index contributed by atoms with van der Waals surface area (Å²) in [4.78, 5) is 11.5. The maximum Gasteiger partial charge on any atom is 0.168 e. The van der Waals surface area contributed by atoms with Crippen LogP contribution < -0.4 is 0 Å². The predicted octanol–water partition coefficient (Wildman–Crippen LogP) is 3.21. The number of hydrogen-bond donors (Lipinski definition) is 0. The van der Waals surface area contributed by atoms with Crippen molar-refractivity contribution in [1.29, 1.82) is 0 Å². The van der Waals surface area contributed by atoms with Crippen molar-refractivity contribution in [2.45, 2.75) is 12.8 Å². The fourth-order valence-corrected chi connectivity index (χ4v) is 1.45. The number of Topliss-reactive ketones (excluding diaryl/α,β-unsaturated/α-hetero) is 1. The average Bonchev–Trinajstić information content (AvgIpc) is 2.97. The Kier molecular flexibility index (Phi) is 2.27. The van der Waals surface area contributed by atoms with Crippen molar-refractivity contribution >= 4 is 17.4 Å². The van der Waals surface area contributed by atoms with Crippen LogP contribution in [-0.2, 0) is 0 Å². The molecule has 1 aliphatic rings. The highest BCUT2D eigenvalue weighted by Gasteiger charge is 2.32. The summed E-state index contributed by atoms with van der Waals surface area (Å²) >= 11 is 5.35. The summed E-state index contributed by atoms with van der Waals surface area (Å²) in [5.74, 6) is -2.14. The summed E-state index contributed by atoms with van der Waals surface area (Å²) in [5, 5.41) is -0.600. The van der Waals surface area contributed by atoms with Gasteiger partial charge in [-0.25, -0.2) is 8.78 Å². The van der Waals surface area contributed by atoms with E-state index < -0.39 is 16.7 Å². The molecule has 0 heterocycles. The van der Waals surface area contributed by atoms with Gasteiger partial charge in [-0.05, 0) is 25.0 Å². The molecule has 0 saturated heterocycles. The molecule has 4 heteroatoms. The Morgan fingerprint density at radius 3 is 2.57 bits per heavy atom. The Morgan fingerprint density at radius 1 is 1.36 bits per heavy atom. The quantitative estimate of drug-likeness (QED) is 0.548. The first kappa shape index (κ1) is 9.59. The molecule has 1 saturated carbocycles. The molecule has 1 aliphatic carbocycles. The predicted molar refractivity (Wildman–Crippen MR) is 48.4 cm³/mol. The number of carbonyl (C=O) groups excluding carboxylic acids is 1. The van der Waals surface area contributed by atoms with Crippen molar-refractivity contribution in [3.05, 3.63) is 34.4 Å². The van der Waals surface area contributed by atoms with Gasteiger partial charge >= 0.3 is 0 Å². The van der Waals surface area contributed by atoms with Gasteiger partial charge in [0, 0.05) is 5.92 Å². The minimum Gasteiger partial charge on any atom is -0.294 e. The van der Waals surface area contributed by atoms with Crippen LogP contribution in [0.4, 0.5) is 8.78 Å². The lowest BCUT2D eigenvalue weighted by atomic mass is 10.1. The molecule has 0 radical (unpaired) electrons. The Labute approximate surface area is 84.7 Å². The second-order valence-corrected chi connectivity index (χ2v) is 3.74. The van der Waals surface area contributed by atoms with E-state index in [2.05, 4.69) is 0 Å². The van der Waals surface area contributed by atoms with E-state index in [1.807, 2.05) is 0 Å². The van der Waals surface area contributed by atoms with E-state index in [9.17, 15) is 13.6 Å². The standard InChI is InChI=1S/C10H7ClF2O/c11-8-7(12)4-3-6(9(8)13)10(14)5-1-2-5/h3-5H,1-2H2. The molecule has 1 aromatic carbocycles. The van der Waals surface area contributed by atoms with Crippen molar-refractivity contribution in [2.24, 2.45) is 5.92 Å². The van der Waals surface area contributed by atoms with E-state index in [4.69, 9.17) is 11.6 Å². The molecule has 2 rings (SSSR count).